The number of benzene rings is 2. The van der Waals surface area contributed by atoms with Crippen molar-refractivity contribution in [1.82, 2.24) is 9.97 Å². The summed E-state index contributed by atoms with van der Waals surface area (Å²) in [6, 6.07) is 16.2. The number of rotatable bonds is 9. The first-order chi connectivity index (χ1) is 20.3. The van der Waals surface area contributed by atoms with E-state index in [9.17, 15) is 14.7 Å². The number of hydrogen-bond acceptors (Lipinski definition) is 7. The van der Waals surface area contributed by atoms with E-state index in [1.807, 2.05) is 48.3 Å². The third-order valence-corrected chi connectivity index (χ3v) is 8.53. The summed E-state index contributed by atoms with van der Waals surface area (Å²) in [5, 5.41) is 9.64. The van der Waals surface area contributed by atoms with E-state index in [1.54, 1.807) is 24.4 Å². The first-order valence-corrected chi connectivity index (χ1v) is 14.9. The summed E-state index contributed by atoms with van der Waals surface area (Å²) < 4.78 is 21.6. The summed E-state index contributed by atoms with van der Waals surface area (Å²) in [4.78, 5) is 38.3. The maximum absolute atomic E-state index is 15.7. The number of ether oxygens (including phenoxy) is 1. The maximum atomic E-state index is 15.7. The van der Waals surface area contributed by atoms with Crippen LogP contribution in [-0.2, 0) is 16.0 Å². The number of thiazole rings is 1. The predicted octanol–water partition coefficient (Wildman–Crippen LogP) is 6.32. The fraction of sp³-hybridized carbons (Fsp3) is 0.290. The summed E-state index contributed by atoms with van der Waals surface area (Å²) >= 11 is 7.15. The molecule has 1 N–H and O–H groups in total. The van der Waals surface area contributed by atoms with Gasteiger partial charge in [-0.05, 0) is 48.6 Å². The highest BCUT2D eigenvalue weighted by Gasteiger charge is 2.40. The van der Waals surface area contributed by atoms with Crippen LogP contribution in [0.1, 0.15) is 24.8 Å². The molecule has 1 aliphatic heterocycles. The van der Waals surface area contributed by atoms with Crippen LogP contribution >= 0.6 is 22.9 Å². The third kappa shape index (κ3) is 5.82. The maximum Gasteiger partial charge on any atom is 0.304 e. The lowest BCUT2D eigenvalue weighted by molar-refractivity contribution is -0.140. The molecule has 2 aromatic carbocycles. The Bertz CT molecular complexity index is 1650. The lowest BCUT2D eigenvalue weighted by Gasteiger charge is -2.26. The Morgan fingerprint density at radius 3 is 2.71 bits per heavy atom. The molecule has 1 fully saturated rings. The number of amides is 1. The van der Waals surface area contributed by atoms with Gasteiger partial charge in [-0.15, -0.1) is 0 Å². The molecule has 8 nitrogen and oxygen atoms in total. The van der Waals surface area contributed by atoms with E-state index in [0.717, 1.165) is 42.1 Å². The number of anilines is 2. The van der Waals surface area contributed by atoms with E-state index in [1.165, 1.54) is 4.90 Å². The van der Waals surface area contributed by atoms with Crippen LogP contribution < -0.4 is 14.5 Å². The van der Waals surface area contributed by atoms with E-state index in [0.29, 0.717) is 34.1 Å². The van der Waals surface area contributed by atoms with Crippen molar-refractivity contribution >= 4 is 45.8 Å². The van der Waals surface area contributed by atoms with Crippen LogP contribution in [0.4, 0.5) is 15.3 Å². The zero-order valence-electron chi connectivity index (χ0n) is 22.8. The molecule has 42 heavy (non-hydrogen) atoms. The lowest BCUT2D eigenvalue weighted by Crippen LogP contribution is -2.39. The highest BCUT2D eigenvalue weighted by atomic mass is 35.5. The minimum Gasteiger partial charge on any atom is -0.488 e. The highest BCUT2D eigenvalue weighted by Crippen LogP contribution is 2.43. The molecule has 0 unspecified atom stereocenters. The van der Waals surface area contributed by atoms with Crippen molar-refractivity contribution in [1.29, 1.82) is 0 Å². The first-order valence-electron chi connectivity index (χ1n) is 13.7. The van der Waals surface area contributed by atoms with Crippen molar-refractivity contribution in [3.63, 3.8) is 0 Å². The molecule has 0 bridgehead atoms. The molecule has 3 heterocycles. The number of carbonyl (C=O) groups is 2. The summed E-state index contributed by atoms with van der Waals surface area (Å²) in [7, 11) is 1.95. The number of carboxylic acids is 1. The second kappa shape index (κ2) is 11.7. The average molecular weight is 607 g/mol. The van der Waals surface area contributed by atoms with E-state index >= 15 is 4.39 Å². The van der Waals surface area contributed by atoms with Crippen molar-refractivity contribution in [2.45, 2.75) is 31.7 Å². The van der Waals surface area contributed by atoms with Crippen molar-refractivity contribution in [3.05, 3.63) is 76.5 Å². The standard InChI is InChI=1S/C31H28ClFN4O4S/c1-36-11-12-41-25-14-20(17-34-29(25)36)23-10-7-21(32)16-24(23)27-28(33)42-31(35-27)37(22-8-9-22)30(40)19(15-26(38)39)13-18-5-3-2-4-6-18/h2-7,10,14,16-17,19,22H,8-9,11-13,15H2,1H3,(H,38,39)/t19-/m1/s1. The monoisotopic (exact) mass is 606 g/mol. The van der Waals surface area contributed by atoms with Crippen LogP contribution in [0.25, 0.3) is 22.4 Å². The molecule has 2 aliphatic rings. The number of hydrogen-bond donors (Lipinski definition) is 1. The normalized spacial score (nSPS) is 15.1. The van der Waals surface area contributed by atoms with Crippen LogP contribution in [0.2, 0.25) is 5.02 Å². The number of aliphatic carboxylic acids is 1. The highest BCUT2D eigenvalue weighted by molar-refractivity contribution is 7.14. The van der Waals surface area contributed by atoms with E-state index in [-0.39, 0.29) is 35.6 Å². The van der Waals surface area contributed by atoms with Crippen molar-refractivity contribution in [3.8, 4) is 28.1 Å². The Balaban J connectivity index is 1.37. The Morgan fingerprint density at radius 1 is 1.19 bits per heavy atom. The van der Waals surface area contributed by atoms with Crippen molar-refractivity contribution < 1.29 is 23.8 Å². The molecule has 0 saturated heterocycles. The summed E-state index contributed by atoms with van der Waals surface area (Å²) in [6.07, 6.45) is 3.12. The van der Waals surface area contributed by atoms with Gasteiger partial charge in [-0.25, -0.2) is 9.97 Å². The molecule has 11 heteroatoms. The molecule has 1 saturated carbocycles. The van der Waals surface area contributed by atoms with Crippen molar-refractivity contribution in [2.24, 2.45) is 5.92 Å². The minimum absolute atomic E-state index is 0.0690. The van der Waals surface area contributed by atoms with Gasteiger partial charge in [0.15, 0.2) is 16.7 Å². The zero-order valence-corrected chi connectivity index (χ0v) is 24.4. The molecular weight excluding hydrogens is 579 g/mol. The Morgan fingerprint density at radius 2 is 1.98 bits per heavy atom. The number of fused-ring (bicyclic) bond motifs is 1. The number of halogens is 2. The third-order valence-electron chi connectivity index (χ3n) is 7.45. The molecule has 2 aromatic heterocycles. The molecule has 4 aromatic rings. The number of likely N-dealkylation sites (N-methyl/N-ethyl adjacent to an activating group) is 1. The Kier molecular flexibility index (Phi) is 7.83. The number of aromatic nitrogens is 2. The molecule has 1 amide bonds. The van der Waals surface area contributed by atoms with Gasteiger partial charge in [-0.1, -0.05) is 59.3 Å². The minimum atomic E-state index is -1.07. The SMILES string of the molecule is CN1CCOc2cc(-c3ccc(Cl)cc3-c3nc(N(C(=O)[C@@H](CC(=O)O)Cc4ccccc4)C4CC4)sc3F)cnc21. The topological polar surface area (TPSA) is 95.9 Å². The molecule has 0 spiro atoms. The van der Waals surface area contributed by atoms with Gasteiger partial charge in [-0.3, -0.25) is 14.5 Å². The van der Waals surface area contributed by atoms with Gasteiger partial charge >= 0.3 is 5.97 Å². The second-order valence-electron chi connectivity index (χ2n) is 10.5. The second-order valence-corrected chi connectivity index (χ2v) is 11.9. The van der Waals surface area contributed by atoms with Crippen LogP contribution in [-0.4, -0.2) is 53.2 Å². The Hall–Kier alpha value is -4.02. The van der Waals surface area contributed by atoms with Crippen LogP contribution in [0, 0.1) is 11.0 Å². The van der Waals surface area contributed by atoms with Gasteiger partial charge < -0.3 is 14.7 Å². The lowest BCUT2D eigenvalue weighted by atomic mass is 9.94. The zero-order chi connectivity index (χ0) is 29.4. The predicted molar refractivity (Wildman–Crippen MR) is 161 cm³/mol. The number of carbonyl (C=O) groups excluding carboxylic acids is 1. The summed E-state index contributed by atoms with van der Waals surface area (Å²) in [5.41, 5.74) is 2.77. The first kappa shape index (κ1) is 28.1. The molecule has 6 rings (SSSR count). The Labute approximate surface area is 251 Å². The van der Waals surface area contributed by atoms with Crippen LogP contribution in [0.15, 0.2) is 60.8 Å². The molecule has 216 valence electrons. The molecule has 1 atom stereocenters. The fourth-order valence-electron chi connectivity index (χ4n) is 5.22. The van der Waals surface area contributed by atoms with Crippen LogP contribution in [0.5, 0.6) is 5.75 Å². The van der Waals surface area contributed by atoms with E-state index in [2.05, 4.69) is 9.97 Å². The molecule has 0 radical (unpaired) electrons. The largest absolute Gasteiger partial charge is 0.488 e. The smallest absolute Gasteiger partial charge is 0.304 e. The van der Waals surface area contributed by atoms with Crippen molar-refractivity contribution in [2.75, 3.05) is 30.0 Å². The molecule has 1 aliphatic carbocycles. The average Bonchev–Trinajstić information content (AvgIpc) is 3.73. The van der Waals surface area contributed by atoms with Gasteiger partial charge in [0.05, 0.1) is 18.9 Å². The number of nitrogens with zero attached hydrogens (tertiary/aromatic N) is 4. The number of carboxylic acid groups (broad SMARTS) is 1. The van der Waals surface area contributed by atoms with Gasteiger partial charge in [0, 0.05) is 35.4 Å². The summed E-state index contributed by atoms with van der Waals surface area (Å²) in [5.74, 6) is -0.885. The van der Waals surface area contributed by atoms with Gasteiger partial charge in [0.1, 0.15) is 12.3 Å². The van der Waals surface area contributed by atoms with Gasteiger partial charge in [0.2, 0.25) is 11.0 Å². The number of pyridine rings is 1. The van der Waals surface area contributed by atoms with E-state index in [4.69, 9.17) is 16.3 Å². The summed E-state index contributed by atoms with van der Waals surface area (Å²) in [6.45, 7) is 1.26. The van der Waals surface area contributed by atoms with Crippen LogP contribution in [0.3, 0.4) is 0 Å². The quantitative estimate of drug-likeness (QED) is 0.238. The molecular formula is C31H28ClFN4O4S. The van der Waals surface area contributed by atoms with Gasteiger partial charge in [-0.2, -0.15) is 4.39 Å². The fourth-order valence-corrected chi connectivity index (χ4v) is 6.28. The van der Waals surface area contributed by atoms with Gasteiger partial charge in [0.25, 0.3) is 0 Å². The van der Waals surface area contributed by atoms with E-state index < -0.39 is 17.0 Å².